The molecule has 0 saturated heterocycles. The Morgan fingerprint density at radius 3 is 2.50 bits per heavy atom. The molecule has 0 aliphatic rings. The fourth-order valence-corrected chi connectivity index (χ4v) is 1.86. The minimum Gasteiger partial charge on any atom is -0.397 e. The lowest BCUT2D eigenvalue weighted by Crippen LogP contribution is -2.08. The van der Waals surface area contributed by atoms with Crippen molar-refractivity contribution < 1.29 is 13.2 Å². The zero-order valence-corrected chi connectivity index (χ0v) is 10.0. The second-order valence-corrected chi connectivity index (χ2v) is 4.17. The zero-order chi connectivity index (χ0) is 13.5. The summed E-state index contributed by atoms with van der Waals surface area (Å²) in [7, 11) is 0. The fourth-order valence-electron chi connectivity index (χ4n) is 1.59. The van der Waals surface area contributed by atoms with Gasteiger partial charge in [-0.05, 0) is 25.1 Å². The Morgan fingerprint density at radius 1 is 1.33 bits per heavy atom. The van der Waals surface area contributed by atoms with Gasteiger partial charge >= 0.3 is 6.18 Å². The van der Waals surface area contributed by atoms with E-state index in [2.05, 4.69) is 5.10 Å². The van der Waals surface area contributed by atoms with Crippen LogP contribution in [0.15, 0.2) is 24.3 Å². The van der Waals surface area contributed by atoms with E-state index in [-0.39, 0.29) is 16.4 Å². The summed E-state index contributed by atoms with van der Waals surface area (Å²) in [6.07, 6.45) is -4.49. The highest BCUT2D eigenvalue weighted by molar-refractivity contribution is 6.32. The molecule has 0 bridgehead atoms. The van der Waals surface area contributed by atoms with E-state index in [1.54, 1.807) is 18.2 Å². The highest BCUT2D eigenvalue weighted by Crippen LogP contribution is 2.32. The van der Waals surface area contributed by atoms with E-state index in [0.717, 1.165) is 10.7 Å². The number of rotatable bonds is 1. The third kappa shape index (κ3) is 2.15. The Labute approximate surface area is 106 Å². The molecular formula is C11H9ClF3N3. The van der Waals surface area contributed by atoms with Gasteiger partial charge in [0.2, 0.25) is 0 Å². The number of aromatic nitrogens is 2. The van der Waals surface area contributed by atoms with Gasteiger partial charge in [0.25, 0.3) is 0 Å². The Kier molecular flexibility index (Phi) is 2.98. The van der Waals surface area contributed by atoms with Crippen LogP contribution in [-0.4, -0.2) is 9.78 Å². The Morgan fingerprint density at radius 2 is 2.00 bits per heavy atom. The second-order valence-electron chi connectivity index (χ2n) is 3.76. The molecule has 1 aromatic heterocycles. The summed E-state index contributed by atoms with van der Waals surface area (Å²) in [6.45, 7) is 1.50. The normalized spacial score (nSPS) is 11.8. The van der Waals surface area contributed by atoms with Crippen molar-refractivity contribution in [1.29, 1.82) is 0 Å². The van der Waals surface area contributed by atoms with E-state index in [0.29, 0.717) is 5.69 Å². The van der Waals surface area contributed by atoms with Gasteiger partial charge in [0, 0.05) is 5.69 Å². The summed E-state index contributed by atoms with van der Waals surface area (Å²) in [5, 5.41) is 3.75. The first kappa shape index (κ1) is 12.8. The van der Waals surface area contributed by atoms with Gasteiger partial charge in [0.15, 0.2) is 5.69 Å². The first-order valence-electron chi connectivity index (χ1n) is 4.99. The van der Waals surface area contributed by atoms with Crippen LogP contribution < -0.4 is 5.73 Å². The molecule has 1 aromatic carbocycles. The summed E-state index contributed by atoms with van der Waals surface area (Å²) in [4.78, 5) is 0. The molecular weight excluding hydrogens is 267 g/mol. The molecule has 0 fully saturated rings. The van der Waals surface area contributed by atoms with Crippen LogP contribution in [0.2, 0.25) is 5.02 Å². The van der Waals surface area contributed by atoms with Crippen molar-refractivity contribution in [3.8, 4) is 5.69 Å². The fraction of sp³-hybridized carbons (Fsp3) is 0.182. The van der Waals surface area contributed by atoms with Crippen LogP contribution in [-0.2, 0) is 6.18 Å². The van der Waals surface area contributed by atoms with Gasteiger partial charge in [-0.25, -0.2) is 4.68 Å². The van der Waals surface area contributed by atoms with E-state index in [9.17, 15) is 13.2 Å². The molecule has 96 valence electrons. The molecule has 0 aliphatic carbocycles. The van der Waals surface area contributed by atoms with E-state index >= 15 is 0 Å². The van der Waals surface area contributed by atoms with E-state index < -0.39 is 11.9 Å². The maximum absolute atomic E-state index is 12.6. The molecule has 0 spiro atoms. The van der Waals surface area contributed by atoms with Crippen molar-refractivity contribution in [3.63, 3.8) is 0 Å². The average molecular weight is 276 g/mol. The van der Waals surface area contributed by atoms with Crippen LogP contribution >= 0.6 is 11.6 Å². The van der Waals surface area contributed by atoms with Crippen molar-refractivity contribution in [3.05, 3.63) is 40.7 Å². The number of anilines is 1. The molecule has 0 saturated carbocycles. The van der Waals surface area contributed by atoms with Crippen molar-refractivity contribution in [1.82, 2.24) is 9.78 Å². The first-order chi connectivity index (χ1) is 8.30. The maximum Gasteiger partial charge on any atom is 0.435 e. The van der Waals surface area contributed by atoms with Crippen molar-refractivity contribution in [2.75, 3.05) is 5.73 Å². The highest BCUT2D eigenvalue weighted by Gasteiger charge is 2.34. The van der Waals surface area contributed by atoms with Crippen LogP contribution in [0.3, 0.4) is 0 Å². The van der Waals surface area contributed by atoms with Crippen molar-refractivity contribution in [2.24, 2.45) is 0 Å². The number of para-hydroxylation sites is 1. The smallest absolute Gasteiger partial charge is 0.397 e. The van der Waals surface area contributed by atoms with Gasteiger partial charge in [-0.2, -0.15) is 18.3 Å². The molecule has 1 heterocycles. The van der Waals surface area contributed by atoms with Gasteiger partial charge in [-0.1, -0.05) is 17.7 Å². The predicted molar refractivity (Wildman–Crippen MR) is 62.7 cm³/mol. The summed E-state index contributed by atoms with van der Waals surface area (Å²) in [5.41, 5.74) is 5.57. The Bertz CT molecular complexity index is 569. The summed E-state index contributed by atoms with van der Waals surface area (Å²) >= 11 is 5.94. The van der Waals surface area contributed by atoms with Gasteiger partial charge in [0.05, 0.1) is 10.7 Å². The number of nitrogens with zero attached hydrogens (tertiary/aromatic N) is 2. The van der Waals surface area contributed by atoms with Gasteiger partial charge in [0.1, 0.15) is 5.69 Å². The molecule has 0 aliphatic heterocycles. The molecule has 2 rings (SSSR count). The molecule has 0 unspecified atom stereocenters. The van der Waals surface area contributed by atoms with Crippen LogP contribution in [0.5, 0.6) is 0 Å². The maximum atomic E-state index is 12.6. The molecule has 2 aromatic rings. The minimum absolute atomic E-state index is 0.245. The third-order valence-electron chi connectivity index (χ3n) is 2.41. The summed E-state index contributed by atoms with van der Waals surface area (Å²) in [5.74, 6) is 0. The molecule has 0 radical (unpaired) electrons. The number of alkyl halides is 3. The SMILES string of the molecule is Cc1cc(C(F)(F)F)nn1-c1c(N)cccc1Cl. The largest absolute Gasteiger partial charge is 0.435 e. The standard InChI is InChI=1S/C11H9ClF3N3/c1-6-5-9(11(13,14)15)17-18(6)10-7(12)3-2-4-8(10)16/h2-5H,16H2,1H3. The molecule has 7 heteroatoms. The number of hydrogen-bond donors (Lipinski definition) is 1. The molecule has 0 amide bonds. The molecule has 0 atom stereocenters. The zero-order valence-electron chi connectivity index (χ0n) is 9.29. The van der Waals surface area contributed by atoms with Gasteiger partial charge in [-0.3, -0.25) is 0 Å². The average Bonchev–Trinajstić information content (AvgIpc) is 2.60. The number of nitrogens with two attached hydrogens (primary N) is 1. The lowest BCUT2D eigenvalue weighted by Gasteiger charge is -2.09. The minimum atomic E-state index is -4.49. The highest BCUT2D eigenvalue weighted by atomic mass is 35.5. The number of nitrogen functional groups attached to an aromatic ring is 1. The predicted octanol–water partition coefficient (Wildman–Crippen LogP) is 3.44. The van der Waals surface area contributed by atoms with Gasteiger partial charge in [-0.15, -0.1) is 0 Å². The van der Waals surface area contributed by atoms with E-state index in [4.69, 9.17) is 17.3 Å². The lowest BCUT2D eigenvalue weighted by atomic mass is 10.2. The number of hydrogen-bond acceptors (Lipinski definition) is 2. The lowest BCUT2D eigenvalue weighted by molar-refractivity contribution is -0.141. The molecule has 3 nitrogen and oxygen atoms in total. The van der Waals surface area contributed by atoms with E-state index in [1.807, 2.05) is 0 Å². The van der Waals surface area contributed by atoms with Gasteiger partial charge < -0.3 is 5.73 Å². The van der Waals surface area contributed by atoms with Crippen LogP contribution in [0.1, 0.15) is 11.4 Å². The first-order valence-corrected chi connectivity index (χ1v) is 5.36. The topological polar surface area (TPSA) is 43.8 Å². The van der Waals surface area contributed by atoms with Crippen molar-refractivity contribution >= 4 is 17.3 Å². The Hall–Kier alpha value is -1.69. The van der Waals surface area contributed by atoms with Crippen LogP contribution in [0.4, 0.5) is 18.9 Å². The number of halogens is 4. The molecule has 18 heavy (non-hydrogen) atoms. The van der Waals surface area contributed by atoms with Crippen LogP contribution in [0, 0.1) is 6.92 Å². The van der Waals surface area contributed by atoms with Crippen LogP contribution in [0.25, 0.3) is 5.69 Å². The number of benzene rings is 1. The van der Waals surface area contributed by atoms with E-state index in [1.165, 1.54) is 6.92 Å². The quantitative estimate of drug-likeness (QED) is 0.810. The van der Waals surface area contributed by atoms with Crippen molar-refractivity contribution in [2.45, 2.75) is 13.1 Å². The number of aryl methyl sites for hydroxylation is 1. The molecule has 2 N–H and O–H groups in total. The summed E-state index contributed by atoms with van der Waals surface area (Å²) in [6, 6.07) is 5.66. The third-order valence-corrected chi connectivity index (χ3v) is 2.71. The summed E-state index contributed by atoms with van der Waals surface area (Å²) < 4.78 is 38.8. The Balaban J connectivity index is 2.62. The second kappa shape index (κ2) is 4.20. The monoisotopic (exact) mass is 275 g/mol.